The predicted molar refractivity (Wildman–Crippen MR) is 103 cm³/mol. The number of hydrogen-bond acceptors (Lipinski definition) is 5. The highest BCUT2D eigenvalue weighted by Gasteiger charge is 2.26. The van der Waals surface area contributed by atoms with E-state index >= 15 is 0 Å². The van der Waals surface area contributed by atoms with Gasteiger partial charge in [-0.3, -0.25) is 4.79 Å². The first-order valence-electron chi connectivity index (χ1n) is 8.87. The number of rotatable bonds is 6. The summed E-state index contributed by atoms with van der Waals surface area (Å²) in [4.78, 5) is 14.9. The molecule has 0 fully saturated rings. The van der Waals surface area contributed by atoms with Crippen LogP contribution in [-0.2, 0) is 17.6 Å². The van der Waals surface area contributed by atoms with Crippen molar-refractivity contribution >= 4 is 11.6 Å². The molecule has 144 valence electrons. The molecule has 1 heterocycles. The van der Waals surface area contributed by atoms with Gasteiger partial charge in [0.25, 0.3) is 0 Å². The first-order valence-corrected chi connectivity index (χ1v) is 8.87. The number of carbonyl (C=O) groups excluding carboxylic acids is 1. The number of amides is 1. The normalized spacial score (nSPS) is 13.0. The summed E-state index contributed by atoms with van der Waals surface area (Å²) in [6, 6.07) is 9.31. The molecule has 0 unspecified atom stereocenters. The van der Waals surface area contributed by atoms with E-state index in [4.69, 9.17) is 18.9 Å². The molecule has 6 nitrogen and oxygen atoms in total. The summed E-state index contributed by atoms with van der Waals surface area (Å²) in [7, 11) is 6.43. The first kappa shape index (κ1) is 18.9. The Hall–Kier alpha value is -2.89. The molecule has 0 aromatic heterocycles. The summed E-state index contributed by atoms with van der Waals surface area (Å²) in [6.07, 6.45) is 2.05. The van der Waals surface area contributed by atoms with Crippen LogP contribution in [0.5, 0.6) is 23.0 Å². The summed E-state index contributed by atoms with van der Waals surface area (Å²) >= 11 is 0. The van der Waals surface area contributed by atoms with Crippen LogP contribution in [-0.4, -0.2) is 40.9 Å². The molecule has 1 aliphatic rings. The minimum absolute atomic E-state index is 0.0264. The van der Waals surface area contributed by atoms with E-state index in [0.717, 1.165) is 35.4 Å². The fourth-order valence-corrected chi connectivity index (χ4v) is 3.45. The Bertz CT molecular complexity index is 834. The maximum Gasteiger partial charge on any atom is 0.231 e. The van der Waals surface area contributed by atoms with Gasteiger partial charge in [0.2, 0.25) is 5.91 Å². The zero-order valence-electron chi connectivity index (χ0n) is 16.2. The maximum atomic E-state index is 13.1. The van der Waals surface area contributed by atoms with E-state index in [1.807, 2.05) is 35.2 Å². The van der Waals surface area contributed by atoms with Crippen LogP contribution < -0.4 is 23.8 Å². The van der Waals surface area contributed by atoms with E-state index in [9.17, 15) is 4.79 Å². The van der Waals surface area contributed by atoms with Crippen LogP contribution in [0.2, 0.25) is 0 Å². The number of fused-ring (bicyclic) bond motifs is 1. The molecule has 27 heavy (non-hydrogen) atoms. The average molecular weight is 371 g/mol. The van der Waals surface area contributed by atoms with Crippen LogP contribution in [0.25, 0.3) is 0 Å². The molecule has 2 aromatic rings. The number of nitrogens with zero attached hydrogens (tertiary/aromatic N) is 1. The van der Waals surface area contributed by atoms with Crippen molar-refractivity contribution in [2.45, 2.75) is 19.3 Å². The third-order valence-corrected chi connectivity index (χ3v) is 4.82. The van der Waals surface area contributed by atoms with Crippen molar-refractivity contribution in [2.24, 2.45) is 0 Å². The van der Waals surface area contributed by atoms with Crippen LogP contribution >= 0.6 is 0 Å². The molecule has 0 saturated heterocycles. The van der Waals surface area contributed by atoms with Crippen LogP contribution in [0.3, 0.4) is 0 Å². The second-order valence-corrected chi connectivity index (χ2v) is 6.34. The molecule has 3 rings (SSSR count). The molecular weight excluding hydrogens is 346 g/mol. The monoisotopic (exact) mass is 371 g/mol. The van der Waals surface area contributed by atoms with E-state index < -0.39 is 0 Å². The zero-order chi connectivity index (χ0) is 19.4. The van der Waals surface area contributed by atoms with Crippen molar-refractivity contribution in [1.29, 1.82) is 0 Å². The SMILES string of the molecule is COc1cc(OC)c2c(c1)N(C(=O)Cc1ccc(OC)c(OC)c1)CCC2. The Labute approximate surface area is 159 Å². The highest BCUT2D eigenvalue weighted by molar-refractivity contribution is 5.96. The number of methoxy groups -OCH3 is 4. The van der Waals surface area contributed by atoms with Crippen molar-refractivity contribution in [2.75, 3.05) is 39.9 Å². The number of carbonyl (C=O) groups is 1. The van der Waals surface area contributed by atoms with Crippen molar-refractivity contribution in [3.8, 4) is 23.0 Å². The van der Waals surface area contributed by atoms with Gasteiger partial charge in [0, 0.05) is 24.2 Å². The fraction of sp³-hybridized carbons (Fsp3) is 0.381. The lowest BCUT2D eigenvalue weighted by Gasteiger charge is -2.31. The number of hydrogen-bond donors (Lipinski definition) is 0. The summed E-state index contributed by atoms with van der Waals surface area (Å²) in [5, 5.41) is 0. The minimum Gasteiger partial charge on any atom is -0.497 e. The Morgan fingerprint density at radius 3 is 2.33 bits per heavy atom. The van der Waals surface area contributed by atoms with Crippen molar-refractivity contribution in [3.05, 3.63) is 41.5 Å². The Kier molecular flexibility index (Phi) is 5.74. The third-order valence-electron chi connectivity index (χ3n) is 4.82. The maximum absolute atomic E-state index is 13.1. The summed E-state index contributed by atoms with van der Waals surface area (Å²) < 4.78 is 21.5. The molecule has 6 heteroatoms. The van der Waals surface area contributed by atoms with Crippen LogP contribution in [0, 0.1) is 0 Å². The molecule has 0 aliphatic carbocycles. The summed E-state index contributed by atoms with van der Waals surface area (Å²) in [6.45, 7) is 0.676. The van der Waals surface area contributed by atoms with Gasteiger partial charge in [-0.25, -0.2) is 0 Å². The molecule has 1 amide bonds. The quantitative estimate of drug-likeness (QED) is 0.780. The smallest absolute Gasteiger partial charge is 0.231 e. The Balaban J connectivity index is 1.89. The average Bonchev–Trinajstić information content (AvgIpc) is 2.72. The lowest BCUT2D eigenvalue weighted by Crippen LogP contribution is -2.36. The number of anilines is 1. The van der Waals surface area contributed by atoms with Gasteiger partial charge in [-0.05, 0) is 30.5 Å². The van der Waals surface area contributed by atoms with E-state index in [2.05, 4.69) is 0 Å². The van der Waals surface area contributed by atoms with Gasteiger partial charge >= 0.3 is 0 Å². The standard InChI is InChI=1S/C21H25NO5/c1-24-15-12-17-16(19(13-15)26-3)6-5-9-22(17)21(23)11-14-7-8-18(25-2)20(10-14)27-4/h7-8,10,12-13H,5-6,9,11H2,1-4H3. The van der Waals surface area contributed by atoms with Crippen LogP contribution in [0.15, 0.2) is 30.3 Å². The molecule has 0 N–H and O–H groups in total. The fourth-order valence-electron chi connectivity index (χ4n) is 3.45. The largest absolute Gasteiger partial charge is 0.497 e. The summed E-state index contributed by atoms with van der Waals surface area (Å²) in [5.41, 5.74) is 2.78. The Morgan fingerprint density at radius 2 is 1.67 bits per heavy atom. The van der Waals surface area contributed by atoms with Gasteiger partial charge < -0.3 is 23.8 Å². The van der Waals surface area contributed by atoms with Crippen molar-refractivity contribution < 1.29 is 23.7 Å². The van der Waals surface area contributed by atoms with Crippen LogP contribution in [0.4, 0.5) is 5.69 Å². The van der Waals surface area contributed by atoms with E-state index in [1.54, 1.807) is 28.4 Å². The van der Waals surface area contributed by atoms with Gasteiger partial charge in [-0.15, -0.1) is 0 Å². The predicted octanol–water partition coefficient (Wildman–Crippen LogP) is 3.24. The van der Waals surface area contributed by atoms with Gasteiger partial charge in [0.1, 0.15) is 11.5 Å². The molecule has 0 radical (unpaired) electrons. The molecule has 0 spiro atoms. The number of benzene rings is 2. The lowest BCUT2D eigenvalue weighted by atomic mass is 9.99. The number of ether oxygens (including phenoxy) is 4. The molecule has 2 aromatic carbocycles. The third kappa shape index (κ3) is 3.79. The highest BCUT2D eigenvalue weighted by Crippen LogP contribution is 2.38. The second kappa shape index (κ2) is 8.20. The van der Waals surface area contributed by atoms with E-state index in [1.165, 1.54) is 0 Å². The Morgan fingerprint density at radius 1 is 0.926 bits per heavy atom. The van der Waals surface area contributed by atoms with Gasteiger partial charge in [0.05, 0.1) is 40.5 Å². The lowest BCUT2D eigenvalue weighted by molar-refractivity contribution is -0.118. The summed E-state index contributed by atoms with van der Waals surface area (Å²) in [5.74, 6) is 2.72. The molecule has 0 saturated carbocycles. The second-order valence-electron chi connectivity index (χ2n) is 6.34. The van der Waals surface area contributed by atoms with E-state index in [0.29, 0.717) is 23.8 Å². The van der Waals surface area contributed by atoms with Gasteiger partial charge in [-0.1, -0.05) is 6.07 Å². The van der Waals surface area contributed by atoms with E-state index in [-0.39, 0.29) is 12.3 Å². The minimum atomic E-state index is 0.0264. The molecule has 0 atom stereocenters. The van der Waals surface area contributed by atoms with Gasteiger partial charge in [0.15, 0.2) is 11.5 Å². The molecular formula is C21H25NO5. The van der Waals surface area contributed by atoms with Crippen LogP contribution in [0.1, 0.15) is 17.5 Å². The van der Waals surface area contributed by atoms with Crippen molar-refractivity contribution in [3.63, 3.8) is 0 Å². The molecule has 0 bridgehead atoms. The first-order chi connectivity index (χ1) is 13.1. The van der Waals surface area contributed by atoms with Crippen molar-refractivity contribution in [1.82, 2.24) is 0 Å². The highest BCUT2D eigenvalue weighted by atomic mass is 16.5. The van der Waals surface area contributed by atoms with Gasteiger partial charge in [-0.2, -0.15) is 0 Å². The molecule has 1 aliphatic heterocycles. The topological polar surface area (TPSA) is 57.2 Å². The zero-order valence-corrected chi connectivity index (χ0v) is 16.2.